The van der Waals surface area contributed by atoms with E-state index in [-0.39, 0.29) is 19.4 Å². The Kier molecular flexibility index (Phi) is 7.33. The summed E-state index contributed by atoms with van der Waals surface area (Å²) in [6.07, 6.45) is -3.22. The van der Waals surface area contributed by atoms with Crippen molar-refractivity contribution in [2.24, 2.45) is 0 Å². The van der Waals surface area contributed by atoms with Crippen LogP contribution in [-0.2, 0) is 16.0 Å². The highest BCUT2D eigenvalue weighted by Crippen LogP contribution is 2.18. The van der Waals surface area contributed by atoms with Gasteiger partial charge >= 0.3 is 0 Å². The predicted molar refractivity (Wildman–Crippen MR) is 90.7 cm³/mol. The average molecular weight is 385 g/mol. The number of piperidine rings is 1. The number of rotatable bonds is 6. The summed E-state index contributed by atoms with van der Waals surface area (Å²) in [4.78, 5) is 29.6. The molecular weight excluding hydrogens is 361 g/mol. The maximum absolute atomic E-state index is 12.8. The number of amides is 2. The maximum Gasteiger partial charge on any atom is 0.249 e. The molecule has 0 unspecified atom stereocenters. The van der Waals surface area contributed by atoms with Crippen molar-refractivity contribution in [2.75, 3.05) is 13.2 Å². The number of likely N-dealkylation sites (N-methyl/N-ethyl adjacent to an activating group) is 1. The standard InChI is InChI=1S/C17H24FN3O6/c1-2-21(12(23)6-4-9-3-5-11(18)19-7-9)17(27)13-15(25)16(26)14(24)10(8-22)20-13/h3,5,7,10,13-16,20,22,24-26H,2,4,6,8H2,1H3/t10-,13+,14-,15-,16+/m1/s1. The molecule has 0 saturated carbocycles. The summed E-state index contributed by atoms with van der Waals surface area (Å²) >= 11 is 0. The van der Waals surface area contributed by atoms with Gasteiger partial charge in [0.1, 0.15) is 24.4 Å². The molecule has 5 N–H and O–H groups in total. The van der Waals surface area contributed by atoms with Crippen LogP contribution in [0.15, 0.2) is 18.3 Å². The number of imide groups is 1. The number of aliphatic hydroxyl groups excluding tert-OH is 4. The van der Waals surface area contributed by atoms with Crippen LogP contribution in [0.25, 0.3) is 0 Å². The Labute approximate surface area is 155 Å². The number of nitrogens with one attached hydrogen (secondary N) is 1. The number of aryl methyl sites for hydroxylation is 1. The number of aliphatic hydroxyl groups is 4. The van der Waals surface area contributed by atoms with Gasteiger partial charge in [0.05, 0.1) is 12.6 Å². The minimum absolute atomic E-state index is 0.0344. The van der Waals surface area contributed by atoms with Crippen molar-refractivity contribution < 1.29 is 34.4 Å². The molecule has 1 aromatic heterocycles. The van der Waals surface area contributed by atoms with E-state index in [1.165, 1.54) is 18.3 Å². The van der Waals surface area contributed by atoms with Crippen molar-refractivity contribution in [3.05, 3.63) is 29.8 Å². The first kappa shape index (κ1) is 21.3. The maximum atomic E-state index is 12.8. The van der Waals surface area contributed by atoms with Crippen LogP contribution in [0.2, 0.25) is 0 Å². The number of carbonyl (C=O) groups excluding carboxylic acids is 2. The van der Waals surface area contributed by atoms with E-state index in [1.807, 2.05) is 0 Å². The van der Waals surface area contributed by atoms with Crippen molar-refractivity contribution in [2.45, 2.75) is 50.2 Å². The Morgan fingerprint density at radius 2 is 1.93 bits per heavy atom. The molecule has 1 saturated heterocycles. The summed E-state index contributed by atoms with van der Waals surface area (Å²) in [5.74, 6) is -1.91. The molecule has 0 aliphatic carbocycles. The number of pyridine rings is 1. The molecule has 2 heterocycles. The van der Waals surface area contributed by atoms with Gasteiger partial charge in [0, 0.05) is 19.2 Å². The Bertz CT molecular complexity index is 657. The molecular formula is C17H24FN3O6. The molecule has 2 rings (SSSR count). The molecule has 10 heteroatoms. The molecule has 150 valence electrons. The molecule has 1 aliphatic heterocycles. The second-order valence-electron chi connectivity index (χ2n) is 6.37. The summed E-state index contributed by atoms with van der Waals surface area (Å²) in [5, 5.41) is 41.6. The highest BCUT2D eigenvalue weighted by molar-refractivity contribution is 5.98. The summed E-state index contributed by atoms with van der Waals surface area (Å²) < 4.78 is 12.8. The molecule has 0 spiro atoms. The van der Waals surface area contributed by atoms with Crippen LogP contribution in [0.1, 0.15) is 18.9 Å². The summed E-state index contributed by atoms with van der Waals surface area (Å²) in [5.41, 5.74) is 0.628. The lowest BCUT2D eigenvalue weighted by molar-refractivity contribution is -0.158. The van der Waals surface area contributed by atoms with Crippen LogP contribution >= 0.6 is 0 Å². The second-order valence-corrected chi connectivity index (χ2v) is 6.37. The van der Waals surface area contributed by atoms with Crippen LogP contribution in [0.5, 0.6) is 0 Å². The van der Waals surface area contributed by atoms with E-state index in [0.717, 1.165) is 4.90 Å². The SMILES string of the molecule is CCN(C(=O)CCc1ccc(F)nc1)C(=O)[C@H]1N[C@H](CO)[C@@H](O)[C@H](O)[C@@H]1O. The van der Waals surface area contributed by atoms with Gasteiger partial charge in [-0.3, -0.25) is 19.8 Å². The van der Waals surface area contributed by atoms with Gasteiger partial charge in [0.25, 0.3) is 0 Å². The first-order valence-corrected chi connectivity index (χ1v) is 8.65. The van der Waals surface area contributed by atoms with Gasteiger partial charge in [-0.1, -0.05) is 6.07 Å². The molecule has 2 amide bonds. The number of carbonyl (C=O) groups is 2. The Hall–Kier alpha value is -1.98. The molecule has 5 atom stereocenters. The van der Waals surface area contributed by atoms with Gasteiger partial charge in [-0.25, -0.2) is 4.98 Å². The Morgan fingerprint density at radius 3 is 2.48 bits per heavy atom. The lowest BCUT2D eigenvalue weighted by Gasteiger charge is -2.41. The van der Waals surface area contributed by atoms with E-state index in [4.69, 9.17) is 0 Å². The second kappa shape index (κ2) is 9.29. The topological polar surface area (TPSA) is 143 Å². The van der Waals surface area contributed by atoms with E-state index < -0.39 is 54.8 Å². The van der Waals surface area contributed by atoms with E-state index in [9.17, 15) is 34.4 Å². The van der Waals surface area contributed by atoms with Gasteiger partial charge < -0.3 is 20.4 Å². The van der Waals surface area contributed by atoms with Crippen LogP contribution in [0.3, 0.4) is 0 Å². The first-order valence-electron chi connectivity index (χ1n) is 8.65. The van der Waals surface area contributed by atoms with Crippen molar-refractivity contribution in [3.63, 3.8) is 0 Å². The molecule has 9 nitrogen and oxygen atoms in total. The lowest BCUT2D eigenvalue weighted by Crippen LogP contribution is -2.69. The van der Waals surface area contributed by atoms with Crippen molar-refractivity contribution >= 4 is 11.8 Å². The molecule has 0 aromatic carbocycles. The lowest BCUT2D eigenvalue weighted by atomic mass is 9.89. The third kappa shape index (κ3) is 4.85. The zero-order chi connectivity index (χ0) is 20.1. The quantitative estimate of drug-likeness (QED) is 0.352. The van der Waals surface area contributed by atoms with E-state index in [1.54, 1.807) is 6.92 Å². The van der Waals surface area contributed by atoms with E-state index in [2.05, 4.69) is 10.3 Å². The molecule has 1 fully saturated rings. The Balaban J connectivity index is 2.05. The smallest absolute Gasteiger partial charge is 0.249 e. The van der Waals surface area contributed by atoms with E-state index >= 15 is 0 Å². The summed E-state index contributed by atoms with van der Waals surface area (Å²) in [7, 11) is 0. The summed E-state index contributed by atoms with van der Waals surface area (Å²) in [6, 6.07) is 0.296. The predicted octanol–water partition coefficient (Wildman–Crippen LogP) is -2.06. The summed E-state index contributed by atoms with van der Waals surface area (Å²) in [6.45, 7) is 1.05. The van der Waals surface area contributed by atoms with Crippen LogP contribution in [0, 0.1) is 5.95 Å². The molecule has 1 aromatic rings. The number of halogens is 1. The van der Waals surface area contributed by atoms with Crippen LogP contribution in [0.4, 0.5) is 4.39 Å². The fourth-order valence-corrected chi connectivity index (χ4v) is 3.01. The zero-order valence-corrected chi connectivity index (χ0v) is 14.8. The molecule has 0 radical (unpaired) electrons. The monoisotopic (exact) mass is 385 g/mol. The number of nitrogens with zero attached hydrogens (tertiary/aromatic N) is 2. The van der Waals surface area contributed by atoms with Crippen molar-refractivity contribution in [1.29, 1.82) is 0 Å². The van der Waals surface area contributed by atoms with Gasteiger partial charge in [-0.2, -0.15) is 4.39 Å². The first-order chi connectivity index (χ1) is 12.8. The average Bonchev–Trinajstić information content (AvgIpc) is 2.66. The van der Waals surface area contributed by atoms with Gasteiger partial charge in [-0.15, -0.1) is 0 Å². The van der Waals surface area contributed by atoms with Crippen molar-refractivity contribution in [3.8, 4) is 0 Å². The molecule has 1 aliphatic rings. The molecule has 27 heavy (non-hydrogen) atoms. The van der Waals surface area contributed by atoms with Gasteiger partial charge in [0.2, 0.25) is 17.8 Å². The normalized spacial score (nSPS) is 28.0. The van der Waals surface area contributed by atoms with Gasteiger partial charge in [0.15, 0.2) is 0 Å². The number of hydrogen-bond donors (Lipinski definition) is 5. The minimum atomic E-state index is -1.64. The van der Waals surface area contributed by atoms with Crippen LogP contribution < -0.4 is 5.32 Å². The Morgan fingerprint density at radius 1 is 1.22 bits per heavy atom. The van der Waals surface area contributed by atoms with E-state index in [0.29, 0.717) is 5.56 Å². The van der Waals surface area contributed by atoms with Crippen molar-refractivity contribution in [1.82, 2.24) is 15.2 Å². The number of hydrogen-bond acceptors (Lipinski definition) is 8. The fraction of sp³-hybridized carbons (Fsp3) is 0.588. The molecule has 0 bridgehead atoms. The fourth-order valence-electron chi connectivity index (χ4n) is 3.01. The third-order valence-electron chi connectivity index (χ3n) is 4.61. The number of aromatic nitrogens is 1. The third-order valence-corrected chi connectivity index (χ3v) is 4.61. The largest absolute Gasteiger partial charge is 0.395 e. The van der Waals surface area contributed by atoms with Crippen LogP contribution in [-0.4, -0.2) is 85.7 Å². The minimum Gasteiger partial charge on any atom is -0.395 e. The van der Waals surface area contributed by atoms with Gasteiger partial charge in [-0.05, 0) is 25.0 Å². The highest BCUT2D eigenvalue weighted by atomic mass is 19.1. The highest BCUT2D eigenvalue weighted by Gasteiger charge is 2.46. The zero-order valence-electron chi connectivity index (χ0n) is 14.8.